The number of aromatic nitrogens is 2. The number of carbonyl (C=O) groups is 1. The monoisotopic (exact) mass is 264 g/mol. The Morgan fingerprint density at radius 2 is 2.11 bits per heavy atom. The van der Waals surface area contributed by atoms with Gasteiger partial charge in [0.05, 0.1) is 23.1 Å². The summed E-state index contributed by atoms with van der Waals surface area (Å²) in [5.41, 5.74) is 6.45. The summed E-state index contributed by atoms with van der Waals surface area (Å²) in [4.78, 5) is 18.6. The van der Waals surface area contributed by atoms with Gasteiger partial charge in [0.2, 0.25) is 5.28 Å². The molecule has 1 aromatic heterocycles. The van der Waals surface area contributed by atoms with Crippen molar-refractivity contribution in [3.63, 3.8) is 0 Å². The van der Waals surface area contributed by atoms with Crippen molar-refractivity contribution in [3.05, 3.63) is 41.3 Å². The summed E-state index contributed by atoms with van der Waals surface area (Å²) in [5.74, 6) is -0.777. The number of para-hydroxylation sites is 1. The van der Waals surface area contributed by atoms with Crippen LogP contribution in [0.4, 0.5) is 17.2 Å². The van der Waals surface area contributed by atoms with E-state index in [0.29, 0.717) is 5.69 Å². The molecule has 92 valence electrons. The maximum atomic E-state index is 11.0. The molecule has 0 bridgehead atoms. The highest BCUT2D eigenvalue weighted by Crippen LogP contribution is 2.24. The molecule has 4 N–H and O–H groups in total. The normalized spacial score (nSPS) is 10.1. The van der Waals surface area contributed by atoms with Gasteiger partial charge >= 0.3 is 5.97 Å². The Morgan fingerprint density at radius 1 is 1.39 bits per heavy atom. The number of benzene rings is 1. The molecule has 0 atom stereocenters. The van der Waals surface area contributed by atoms with Crippen LogP contribution >= 0.6 is 11.6 Å². The fraction of sp³-hybridized carbons (Fsp3) is 0. The topological polar surface area (TPSA) is 101 Å². The summed E-state index contributed by atoms with van der Waals surface area (Å²) in [6.07, 6.45) is 1.35. The van der Waals surface area contributed by atoms with E-state index >= 15 is 0 Å². The summed E-state index contributed by atoms with van der Waals surface area (Å²) >= 11 is 5.65. The highest BCUT2D eigenvalue weighted by Gasteiger charge is 2.11. The third kappa shape index (κ3) is 2.49. The zero-order valence-corrected chi connectivity index (χ0v) is 9.85. The molecule has 0 saturated heterocycles. The van der Waals surface area contributed by atoms with Gasteiger partial charge < -0.3 is 16.2 Å². The summed E-state index contributed by atoms with van der Waals surface area (Å²) in [6, 6.07) is 6.42. The zero-order valence-electron chi connectivity index (χ0n) is 9.09. The predicted molar refractivity (Wildman–Crippen MR) is 68.1 cm³/mol. The minimum absolute atomic E-state index is 0.0273. The molecule has 18 heavy (non-hydrogen) atoms. The predicted octanol–water partition coefficient (Wildman–Crippen LogP) is 2.15. The second-order valence-corrected chi connectivity index (χ2v) is 3.76. The highest BCUT2D eigenvalue weighted by molar-refractivity contribution is 6.28. The lowest BCUT2D eigenvalue weighted by Gasteiger charge is -2.10. The number of anilines is 3. The van der Waals surface area contributed by atoms with Gasteiger partial charge in [0, 0.05) is 0 Å². The van der Waals surface area contributed by atoms with E-state index in [1.807, 2.05) is 0 Å². The van der Waals surface area contributed by atoms with Gasteiger partial charge in [-0.2, -0.15) is 4.98 Å². The van der Waals surface area contributed by atoms with Crippen molar-refractivity contribution < 1.29 is 9.90 Å². The van der Waals surface area contributed by atoms with Crippen molar-refractivity contribution >= 4 is 34.8 Å². The molecule has 1 aromatic carbocycles. The molecule has 2 rings (SSSR count). The number of rotatable bonds is 3. The van der Waals surface area contributed by atoms with Crippen molar-refractivity contribution in [2.45, 2.75) is 0 Å². The number of aromatic carboxylic acids is 1. The van der Waals surface area contributed by atoms with Gasteiger partial charge in [0.25, 0.3) is 0 Å². The Hall–Kier alpha value is -2.34. The van der Waals surface area contributed by atoms with Gasteiger partial charge in [-0.05, 0) is 23.7 Å². The summed E-state index contributed by atoms with van der Waals surface area (Å²) < 4.78 is 0. The van der Waals surface area contributed by atoms with Crippen LogP contribution in [0.1, 0.15) is 10.4 Å². The molecule has 6 nitrogen and oxygen atoms in total. The molecule has 0 aliphatic carbocycles. The Bertz CT molecular complexity index is 603. The van der Waals surface area contributed by atoms with E-state index in [-0.39, 0.29) is 22.4 Å². The standard InChI is InChI=1S/C11H9ClN4O2/c12-11-14-5-7(13)9(16-11)15-8-4-2-1-3-6(8)10(17)18/h1-5H,13H2,(H,17,18)(H,14,15,16). The molecular weight excluding hydrogens is 256 g/mol. The molecule has 0 aliphatic heterocycles. The average Bonchev–Trinajstić information content (AvgIpc) is 2.34. The van der Waals surface area contributed by atoms with Gasteiger partial charge in [-0.25, -0.2) is 9.78 Å². The van der Waals surface area contributed by atoms with Crippen molar-refractivity contribution in [2.24, 2.45) is 0 Å². The minimum Gasteiger partial charge on any atom is -0.478 e. The first kappa shape index (κ1) is 12.1. The van der Waals surface area contributed by atoms with E-state index in [1.165, 1.54) is 12.3 Å². The van der Waals surface area contributed by atoms with Gasteiger partial charge in [-0.3, -0.25) is 0 Å². The Balaban J connectivity index is 2.40. The zero-order chi connectivity index (χ0) is 13.1. The molecule has 7 heteroatoms. The van der Waals surface area contributed by atoms with E-state index in [4.69, 9.17) is 22.4 Å². The van der Waals surface area contributed by atoms with Crippen LogP contribution in [0.25, 0.3) is 0 Å². The lowest BCUT2D eigenvalue weighted by Crippen LogP contribution is -2.05. The number of carboxylic acid groups (broad SMARTS) is 1. The number of hydrogen-bond acceptors (Lipinski definition) is 5. The molecule has 1 heterocycles. The van der Waals surface area contributed by atoms with E-state index in [0.717, 1.165) is 0 Å². The first-order valence-corrected chi connectivity index (χ1v) is 5.33. The molecule has 0 aliphatic rings. The number of nitrogens with two attached hydrogens (primary N) is 1. The average molecular weight is 265 g/mol. The SMILES string of the molecule is Nc1cnc(Cl)nc1Nc1ccccc1C(=O)O. The van der Waals surface area contributed by atoms with Crippen molar-refractivity contribution in [2.75, 3.05) is 11.1 Å². The van der Waals surface area contributed by atoms with Gasteiger partial charge in [0.1, 0.15) is 0 Å². The minimum atomic E-state index is -1.04. The third-order valence-electron chi connectivity index (χ3n) is 2.20. The van der Waals surface area contributed by atoms with Gasteiger partial charge in [0.15, 0.2) is 5.82 Å². The highest BCUT2D eigenvalue weighted by atomic mass is 35.5. The smallest absolute Gasteiger partial charge is 0.337 e. The van der Waals surface area contributed by atoms with Crippen LogP contribution in [0.3, 0.4) is 0 Å². The largest absolute Gasteiger partial charge is 0.478 e. The van der Waals surface area contributed by atoms with Crippen LogP contribution in [0.15, 0.2) is 30.5 Å². The van der Waals surface area contributed by atoms with Gasteiger partial charge in [-0.15, -0.1) is 0 Å². The van der Waals surface area contributed by atoms with Crippen molar-refractivity contribution in [1.82, 2.24) is 9.97 Å². The first-order valence-electron chi connectivity index (χ1n) is 4.95. The fourth-order valence-corrected chi connectivity index (χ4v) is 1.51. The number of halogens is 1. The molecular formula is C11H9ClN4O2. The van der Waals surface area contributed by atoms with E-state index in [2.05, 4.69) is 15.3 Å². The number of nitrogen functional groups attached to an aromatic ring is 1. The quantitative estimate of drug-likeness (QED) is 0.734. The Labute approximate surface area is 107 Å². The van der Waals surface area contributed by atoms with Crippen molar-refractivity contribution in [1.29, 1.82) is 0 Å². The van der Waals surface area contributed by atoms with Crippen molar-refractivity contribution in [3.8, 4) is 0 Å². The maximum Gasteiger partial charge on any atom is 0.337 e. The van der Waals surface area contributed by atoms with E-state index in [9.17, 15) is 4.79 Å². The molecule has 0 amide bonds. The van der Waals surface area contributed by atoms with Gasteiger partial charge in [-0.1, -0.05) is 12.1 Å². The second-order valence-electron chi connectivity index (χ2n) is 3.42. The Morgan fingerprint density at radius 3 is 2.83 bits per heavy atom. The lowest BCUT2D eigenvalue weighted by molar-refractivity contribution is 0.0698. The number of nitrogens with one attached hydrogen (secondary N) is 1. The number of nitrogens with zero attached hydrogens (tertiary/aromatic N) is 2. The fourth-order valence-electron chi connectivity index (χ4n) is 1.38. The van der Waals surface area contributed by atoms with Crippen LogP contribution in [-0.2, 0) is 0 Å². The molecule has 0 spiro atoms. The maximum absolute atomic E-state index is 11.0. The molecule has 0 saturated carbocycles. The van der Waals surface area contributed by atoms with Crippen LogP contribution in [0.2, 0.25) is 5.28 Å². The van der Waals surface area contributed by atoms with Crippen LogP contribution in [0, 0.1) is 0 Å². The van der Waals surface area contributed by atoms with Crippen LogP contribution in [0.5, 0.6) is 0 Å². The number of carboxylic acids is 1. The Kier molecular flexibility index (Phi) is 3.29. The third-order valence-corrected chi connectivity index (χ3v) is 2.38. The molecule has 0 fully saturated rings. The first-order chi connectivity index (χ1) is 8.58. The number of hydrogen-bond donors (Lipinski definition) is 3. The second kappa shape index (κ2) is 4.89. The summed E-state index contributed by atoms with van der Waals surface area (Å²) in [6.45, 7) is 0. The van der Waals surface area contributed by atoms with E-state index in [1.54, 1.807) is 18.2 Å². The lowest BCUT2D eigenvalue weighted by atomic mass is 10.2. The molecule has 0 radical (unpaired) electrons. The summed E-state index contributed by atoms with van der Waals surface area (Å²) in [7, 11) is 0. The van der Waals surface area contributed by atoms with E-state index < -0.39 is 5.97 Å². The summed E-state index contributed by atoms with van der Waals surface area (Å²) in [5, 5.41) is 11.9. The molecule has 2 aromatic rings. The van der Waals surface area contributed by atoms with Crippen LogP contribution < -0.4 is 11.1 Å². The molecule has 0 unspecified atom stereocenters. The van der Waals surface area contributed by atoms with Crippen LogP contribution in [-0.4, -0.2) is 21.0 Å².